The molecule has 0 aromatic heterocycles. The molecule has 0 N–H and O–H groups in total. The Morgan fingerprint density at radius 1 is 1.17 bits per heavy atom. The fourth-order valence-electron chi connectivity index (χ4n) is 0.224. The van der Waals surface area contributed by atoms with Gasteiger partial charge in [0, 0.05) is 0 Å². The van der Waals surface area contributed by atoms with E-state index in [0.29, 0.717) is 21.6 Å². The Kier molecular flexibility index (Phi) is 16.4. The zero-order valence-electron chi connectivity index (χ0n) is 4.24. The summed E-state index contributed by atoms with van der Waals surface area (Å²) in [6.07, 6.45) is 0. The molecule has 0 aliphatic carbocycles. The zero-order chi connectivity index (χ0) is 4.12. The third kappa shape index (κ3) is 9.00. The Balaban J connectivity index is 0. The summed E-state index contributed by atoms with van der Waals surface area (Å²) < 4.78 is 2.99. The van der Waals surface area contributed by atoms with E-state index in [1.807, 2.05) is 0 Å². The van der Waals surface area contributed by atoms with Crippen LogP contribution in [-0.4, -0.2) is 21.6 Å². The SMILES string of the molecule is C[CH2][Sb+][CH2]C.[Br-]. The molecule has 0 fully saturated rings. The normalized spacial score (nSPS) is 7.00. The second kappa shape index (κ2) is 9.57. The standard InChI is InChI=1S/2C2H5.BrH.Sb/c2*1-2;;/h2*1H2,2H3;1H;/q;;;+1/p-1. The molecule has 0 bridgehead atoms. The van der Waals surface area contributed by atoms with Crippen LogP contribution in [0.3, 0.4) is 0 Å². The monoisotopic (exact) mass is 258 g/mol. The van der Waals surface area contributed by atoms with E-state index in [0.717, 1.165) is 0 Å². The van der Waals surface area contributed by atoms with Gasteiger partial charge in [0.15, 0.2) is 0 Å². The van der Waals surface area contributed by atoms with Crippen molar-refractivity contribution in [3.05, 3.63) is 0 Å². The van der Waals surface area contributed by atoms with Crippen LogP contribution in [-0.2, 0) is 0 Å². The van der Waals surface area contributed by atoms with Crippen molar-refractivity contribution < 1.29 is 17.0 Å². The van der Waals surface area contributed by atoms with E-state index >= 15 is 0 Å². The summed E-state index contributed by atoms with van der Waals surface area (Å²) in [5.74, 6) is 0. The van der Waals surface area contributed by atoms with Crippen LogP contribution >= 0.6 is 0 Å². The molecular weight excluding hydrogens is 250 g/mol. The third-order valence-corrected chi connectivity index (χ3v) is 3.00. The predicted molar refractivity (Wildman–Crippen MR) is 26.7 cm³/mol. The molecule has 0 aromatic rings. The van der Waals surface area contributed by atoms with E-state index in [2.05, 4.69) is 13.8 Å². The number of rotatable bonds is 2. The summed E-state index contributed by atoms with van der Waals surface area (Å²) in [6.45, 7) is 4.56. The van der Waals surface area contributed by atoms with Crippen LogP contribution in [0.2, 0.25) is 8.73 Å². The maximum atomic E-state index is 2.28. The molecule has 0 saturated heterocycles. The zero-order valence-corrected chi connectivity index (χ0v) is 8.38. The van der Waals surface area contributed by atoms with E-state index in [9.17, 15) is 0 Å². The molecule has 0 amide bonds. The minimum Gasteiger partial charge on any atom is -1.00 e. The van der Waals surface area contributed by atoms with Crippen LogP contribution in [0.4, 0.5) is 0 Å². The maximum Gasteiger partial charge on any atom is -1.00 e. The van der Waals surface area contributed by atoms with Gasteiger partial charge in [-0.1, -0.05) is 0 Å². The molecule has 0 aliphatic heterocycles. The maximum absolute atomic E-state index is 2.28. The fourth-order valence-corrected chi connectivity index (χ4v) is 1.50. The Morgan fingerprint density at radius 2 is 1.50 bits per heavy atom. The number of hydrogen-bond acceptors (Lipinski definition) is 0. The first-order valence-electron chi connectivity index (χ1n) is 2.05. The number of hydrogen-bond donors (Lipinski definition) is 0. The molecule has 0 aliphatic rings. The van der Waals surface area contributed by atoms with Gasteiger partial charge in [0.2, 0.25) is 0 Å². The van der Waals surface area contributed by atoms with Crippen molar-refractivity contribution in [3.8, 4) is 0 Å². The minimum atomic E-state index is 0. The van der Waals surface area contributed by atoms with Crippen LogP contribution in [0.25, 0.3) is 0 Å². The van der Waals surface area contributed by atoms with Crippen LogP contribution < -0.4 is 17.0 Å². The van der Waals surface area contributed by atoms with E-state index in [1.165, 1.54) is 8.73 Å². The topological polar surface area (TPSA) is 0 Å². The second-order valence-corrected chi connectivity index (χ2v) is 5.74. The first-order valence-corrected chi connectivity index (χ1v) is 5.66. The summed E-state index contributed by atoms with van der Waals surface area (Å²) >= 11 is 0.356. The fraction of sp³-hybridized carbons (Fsp3) is 1.00. The second-order valence-electron chi connectivity index (χ2n) is 0.856. The first-order chi connectivity index (χ1) is 2.41. The van der Waals surface area contributed by atoms with Crippen molar-refractivity contribution in [2.24, 2.45) is 0 Å². The smallest absolute Gasteiger partial charge is 1.00 e. The van der Waals surface area contributed by atoms with Gasteiger partial charge in [-0.05, 0) is 0 Å². The van der Waals surface area contributed by atoms with Crippen LogP contribution in [0.1, 0.15) is 13.8 Å². The molecule has 0 nitrogen and oxygen atoms in total. The van der Waals surface area contributed by atoms with Crippen molar-refractivity contribution in [1.29, 1.82) is 0 Å². The molecule has 38 valence electrons. The predicted octanol–water partition coefficient (Wildman–Crippen LogP) is -1.43. The molecule has 0 saturated carbocycles. The van der Waals surface area contributed by atoms with E-state index < -0.39 is 0 Å². The van der Waals surface area contributed by atoms with Crippen molar-refractivity contribution >= 4 is 21.6 Å². The average molecular weight is 260 g/mol. The first kappa shape index (κ1) is 10.3. The molecule has 0 aromatic carbocycles. The van der Waals surface area contributed by atoms with Gasteiger partial charge in [-0.3, -0.25) is 0 Å². The largest absolute Gasteiger partial charge is 1.00 e. The molecule has 2 radical (unpaired) electrons. The Bertz CT molecular complexity index is 15.0. The molecule has 0 atom stereocenters. The molecule has 0 unspecified atom stereocenters. The van der Waals surface area contributed by atoms with Crippen molar-refractivity contribution in [1.82, 2.24) is 0 Å². The van der Waals surface area contributed by atoms with Crippen LogP contribution in [0, 0.1) is 0 Å². The van der Waals surface area contributed by atoms with E-state index in [1.54, 1.807) is 0 Å². The van der Waals surface area contributed by atoms with Gasteiger partial charge in [0.1, 0.15) is 0 Å². The summed E-state index contributed by atoms with van der Waals surface area (Å²) in [6, 6.07) is 0. The molecule has 2 heteroatoms. The van der Waals surface area contributed by atoms with Crippen LogP contribution in [0.5, 0.6) is 0 Å². The molecule has 0 heterocycles. The number of halogens is 1. The van der Waals surface area contributed by atoms with Gasteiger partial charge in [0.05, 0.1) is 0 Å². The Morgan fingerprint density at radius 3 is 1.50 bits per heavy atom. The van der Waals surface area contributed by atoms with E-state index in [4.69, 9.17) is 0 Å². The summed E-state index contributed by atoms with van der Waals surface area (Å²) in [4.78, 5) is 0. The van der Waals surface area contributed by atoms with Crippen molar-refractivity contribution in [2.75, 3.05) is 0 Å². The molecule has 0 rings (SSSR count). The summed E-state index contributed by atoms with van der Waals surface area (Å²) in [5.41, 5.74) is 0. The average Bonchev–Trinajstić information content (AvgIpc) is 1.41. The van der Waals surface area contributed by atoms with Crippen molar-refractivity contribution in [2.45, 2.75) is 22.6 Å². The van der Waals surface area contributed by atoms with Gasteiger partial charge in [-0.25, -0.2) is 0 Å². The van der Waals surface area contributed by atoms with Crippen molar-refractivity contribution in [3.63, 3.8) is 0 Å². The van der Waals surface area contributed by atoms with Gasteiger partial charge in [-0.2, -0.15) is 0 Å². The Hall–Kier alpha value is 1.30. The minimum absolute atomic E-state index is 0. The van der Waals surface area contributed by atoms with Gasteiger partial charge in [0.25, 0.3) is 0 Å². The quantitative estimate of drug-likeness (QED) is 0.534. The van der Waals surface area contributed by atoms with Crippen LogP contribution in [0.15, 0.2) is 0 Å². The Labute approximate surface area is 61.0 Å². The summed E-state index contributed by atoms with van der Waals surface area (Å²) in [7, 11) is 0. The third-order valence-electron chi connectivity index (χ3n) is 0.447. The molecule has 6 heavy (non-hydrogen) atoms. The van der Waals surface area contributed by atoms with Gasteiger partial charge >= 0.3 is 44.2 Å². The molecular formula is C4H10BrSb. The summed E-state index contributed by atoms with van der Waals surface area (Å²) in [5, 5.41) is 0. The molecule has 0 spiro atoms. The van der Waals surface area contributed by atoms with E-state index in [-0.39, 0.29) is 17.0 Å². The van der Waals surface area contributed by atoms with Gasteiger partial charge in [-0.15, -0.1) is 0 Å². The van der Waals surface area contributed by atoms with Gasteiger partial charge < -0.3 is 17.0 Å².